The highest BCUT2D eigenvalue weighted by Crippen LogP contribution is 2.60. The molecule has 0 aromatic carbocycles. The second-order valence-corrected chi connectivity index (χ2v) is 5.41. The molecule has 0 spiro atoms. The molecule has 2 aliphatic carbocycles. The molecule has 0 N–H and O–H groups in total. The minimum atomic E-state index is -0.539. The van der Waals surface area contributed by atoms with Crippen LogP contribution in [0.5, 0.6) is 0 Å². The van der Waals surface area contributed by atoms with Crippen LogP contribution >= 0.6 is 0 Å². The second-order valence-electron chi connectivity index (χ2n) is 5.41. The maximum Gasteiger partial charge on any atom is 0.190 e. The molecule has 2 saturated carbocycles. The summed E-state index contributed by atoms with van der Waals surface area (Å²) in [7, 11) is 0. The predicted molar refractivity (Wildman–Crippen MR) is 53.7 cm³/mol. The normalized spacial score (nSPS) is 41.9. The number of rotatable bonds is 1. The van der Waals surface area contributed by atoms with Crippen LogP contribution in [0.25, 0.3) is 0 Å². The molecule has 4 nitrogen and oxygen atoms in total. The fourth-order valence-electron chi connectivity index (χ4n) is 3.37. The standard InChI is InChI=1S/C10H16N2O2/c1-9(2)7-4-5-10(3,6-7)8(9)11-12(13)14/h7H,4-6H2,1-3H3/b11-8+. The van der Waals surface area contributed by atoms with Crippen molar-refractivity contribution in [2.24, 2.45) is 21.8 Å². The van der Waals surface area contributed by atoms with Crippen molar-refractivity contribution in [2.75, 3.05) is 0 Å². The van der Waals surface area contributed by atoms with E-state index in [0.29, 0.717) is 5.92 Å². The highest BCUT2D eigenvalue weighted by atomic mass is 16.7. The first-order chi connectivity index (χ1) is 6.36. The van der Waals surface area contributed by atoms with Crippen LogP contribution in [0.4, 0.5) is 0 Å². The molecule has 2 rings (SSSR count). The van der Waals surface area contributed by atoms with E-state index >= 15 is 0 Å². The van der Waals surface area contributed by atoms with Crippen molar-refractivity contribution < 1.29 is 5.03 Å². The van der Waals surface area contributed by atoms with E-state index in [1.54, 1.807) is 0 Å². The summed E-state index contributed by atoms with van der Waals surface area (Å²) in [4.78, 5) is 10.5. The highest BCUT2D eigenvalue weighted by Gasteiger charge is 2.58. The van der Waals surface area contributed by atoms with E-state index in [1.165, 1.54) is 6.42 Å². The maximum absolute atomic E-state index is 10.5. The summed E-state index contributed by atoms with van der Waals surface area (Å²) in [5, 5.41) is 13.6. The summed E-state index contributed by atoms with van der Waals surface area (Å²) < 4.78 is 0. The van der Waals surface area contributed by atoms with Gasteiger partial charge in [0.2, 0.25) is 0 Å². The van der Waals surface area contributed by atoms with Crippen molar-refractivity contribution in [3.63, 3.8) is 0 Å². The maximum atomic E-state index is 10.5. The quantitative estimate of drug-likeness (QED) is 0.478. The molecule has 0 aromatic heterocycles. The first-order valence-corrected chi connectivity index (χ1v) is 5.10. The van der Waals surface area contributed by atoms with Crippen LogP contribution in [0.2, 0.25) is 0 Å². The molecule has 0 radical (unpaired) electrons. The molecule has 14 heavy (non-hydrogen) atoms. The molecule has 78 valence electrons. The van der Waals surface area contributed by atoms with E-state index in [2.05, 4.69) is 25.9 Å². The zero-order valence-electron chi connectivity index (χ0n) is 8.91. The summed E-state index contributed by atoms with van der Waals surface area (Å²) in [6.07, 6.45) is 3.33. The number of hydrogen-bond donors (Lipinski definition) is 0. The predicted octanol–water partition coefficient (Wildman–Crippen LogP) is 2.47. The summed E-state index contributed by atoms with van der Waals surface area (Å²) in [6, 6.07) is 0. The van der Waals surface area contributed by atoms with Crippen LogP contribution in [0.15, 0.2) is 5.10 Å². The van der Waals surface area contributed by atoms with Crippen LogP contribution in [-0.2, 0) is 0 Å². The third-order valence-corrected chi connectivity index (χ3v) is 4.13. The van der Waals surface area contributed by atoms with Gasteiger partial charge in [0.05, 0.1) is 5.10 Å². The lowest BCUT2D eigenvalue weighted by atomic mass is 9.71. The Morgan fingerprint density at radius 2 is 2.14 bits per heavy atom. The van der Waals surface area contributed by atoms with Gasteiger partial charge < -0.3 is 0 Å². The molecule has 2 aliphatic rings. The third-order valence-electron chi connectivity index (χ3n) is 4.13. The van der Waals surface area contributed by atoms with Gasteiger partial charge in [-0.3, -0.25) is 0 Å². The van der Waals surface area contributed by atoms with Crippen LogP contribution in [-0.4, -0.2) is 10.7 Å². The van der Waals surface area contributed by atoms with Gasteiger partial charge in [0.25, 0.3) is 0 Å². The van der Waals surface area contributed by atoms with Gasteiger partial charge in [-0.25, -0.2) is 10.1 Å². The average molecular weight is 196 g/mol. The van der Waals surface area contributed by atoms with Crippen molar-refractivity contribution >= 4 is 5.71 Å². The lowest BCUT2D eigenvalue weighted by molar-refractivity contribution is -0.485. The Balaban J connectivity index is 2.44. The molecule has 2 unspecified atom stereocenters. The van der Waals surface area contributed by atoms with Gasteiger partial charge in [0.15, 0.2) is 5.03 Å². The summed E-state index contributed by atoms with van der Waals surface area (Å²) in [5.41, 5.74) is 0.743. The second kappa shape index (κ2) is 2.55. The molecule has 0 saturated heterocycles. The largest absolute Gasteiger partial charge is 0.233 e. The molecule has 0 aromatic rings. The number of hydrogen-bond acceptors (Lipinski definition) is 2. The molecule has 0 aliphatic heterocycles. The van der Waals surface area contributed by atoms with Gasteiger partial charge >= 0.3 is 0 Å². The van der Waals surface area contributed by atoms with Gasteiger partial charge in [-0.05, 0) is 25.2 Å². The fourth-order valence-corrected chi connectivity index (χ4v) is 3.37. The Morgan fingerprint density at radius 3 is 2.57 bits per heavy atom. The number of nitro groups is 1. The highest BCUT2D eigenvalue weighted by molar-refractivity contribution is 5.97. The zero-order chi connectivity index (χ0) is 10.6. The number of fused-ring (bicyclic) bond motifs is 2. The van der Waals surface area contributed by atoms with E-state index in [4.69, 9.17) is 0 Å². The molecule has 2 fully saturated rings. The lowest BCUT2D eigenvalue weighted by Gasteiger charge is -2.32. The molecule has 4 heteroatoms. The fraction of sp³-hybridized carbons (Fsp3) is 0.900. The van der Waals surface area contributed by atoms with E-state index < -0.39 is 5.03 Å². The van der Waals surface area contributed by atoms with Gasteiger partial charge in [-0.2, -0.15) is 0 Å². The van der Waals surface area contributed by atoms with Crippen molar-refractivity contribution in [2.45, 2.75) is 40.0 Å². The van der Waals surface area contributed by atoms with E-state index in [0.717, 1.165) is 18.6 Å². The molecule has 2 bridgehead atoms. The molecular formula is C10H16N2O2. The van der Waals surface area contributed by atoms with E-state index in [1.807, 2.05) is 0 Å². The Morgan fingerprint density at radius 1 is 1.50 bits per heavy atom. The molecule has 0 heterocycles. The molecular weight excluding hydrogens is 180 g/mol. The Kier molecular flexibility index (Phi) is 1.75. The van der Waals surface area contributed by atoms with Gasteiger partial charge in [0.1, 0.15) is 5.71 Å². The van der Waals surface area contributed by atoms with Crippen molar-refractivity contribution in [3.05, 3.63) is 10.1 Å². The Labute approximate surface area is 83.5 Å². The number of hydrazone groups is 1. The molecule has 2 atom stereocenters. The minimum absolute atomic E-state index is 0.00123. The van der Waals surface area contributed by atoms with E-state index in [-0.39, 0.29) is 10.8 Å². The van der Waals surface area contributed by atoms with Gasteiger partial charge in [-0.15, -0.1) is 0 Å². The smallest absolute Gasteiger partial charge is 0.190 e. The van der Waals surface area contributed by atoms with Gasteiger partial charge in [0, 0.05) is 10.8 Å². The van der Waals surface area contributed by atoms with Crippen LogP contribution in [0.1, 0.15) is 40.0 Å². The lowest BCUT2D eigenvalue weighted by Crippen LogP contribution is -2.36. The SMILES string of the molecule is CC12CCC(C1)C(C)(C)/C2=N\[N+](=O)[O-]. The Hall–Kier alpha value is -0.930. The van der Waals surface area contributed by atoms with Crippen molar-refractivity contribution in [3.8, 4) is 0 Å². The van der Waals surface area contributed by atoms with Crippen molar-refractivity contribution in [1.82, 2.24) is 0 Å². The monoisotopic (exact) mass is 196 g/mol. The zero-order valence-corrected chi connectivity index (χ0v) is 8.91. The summed E-state index contributed by atoms with van der Waals surface area (Å²) in [5.74, 6) is 0.589. The van der Waals surface area contributed by atoms with Crippen LogP contribution in [0.3, 0.4) is 0 Å². The third kappa shape index (κ3) is 1.09. The van der Waals surface area contributed by atoms with Gasteiger partial charge in [-0.1, -0.05) is 20.8 Å². The van der Waals surface area contributed by atoms with E-state index in [9.17, 15) is 10.1 Å². The van der Waals surface area contributed by atoms with Crippen molar-refractivity contribution in [1.29, 1.82) is 0 Å². The van der Waals surface area contributed by atoms with Crippen LogP contribution in [0, 0.1) is 26.9 Å². The minimum Gasteiger partial charge on any atom is -0.233 e. The van der Waals surface area contributed by atoms with Crippen LogP contribution < -0.4 is 0 Å². The first-order valence-electron chi connectivity index (χ1n) is 5.10. The topological polar surface area (TPSA) is 55.5 Å². The summed E-state index contributed by atoms with van der Waals surface area (Å²) >= 11 is 0. The molecule has 0 amide bonds. The summed E-state index contributed by atoms with van der Waals surface area (Å²) in [6.45, 7) is 6.29. The average Bonchev–Trinajstić information content (AvgIpc) is 2.49. The Bertz CT molecular complexity index is 315. The number of nitrogens with zero attached hydrogens (tertiary/aromatic N) is 2. The first kappa shape index (κ1) is 9.62.